The van der Waals surface area contributed by atoms with E-state index < -0.39 is 6.04 Å². The van der Waals surface area contributed by atoms with E-state index in [9.17, 15) is 4.79 Å². The van der Waals surface area contributed by atoms with Crippen LogP contribution in [0.4, 0.5) is 0 Å². The Balaban J connectivity index is 0. The van der Waals surface area contributed by atoms with Crippen LogP contribution in [0.3, 0.4) is 0 Å². The summed E-state index contributed by atoms with van der Waals surface area (Å²) in [6.45, 7) is 4.50. The van der Waals surface area contributed by atoms with Crippen LogP contribution < -0.4 is 5.73 Å². The summed E-state index contributed by atoms with van der Waals surface area (Å²) in [5.74, 6) is -0.270. The van der Waals surface area contributed by atoms with Gasteiger partial charge in [0.25, 0.3) is 0 Å². The van der Waals surface area contributed by atoms with Gasteiger partial charge in [0.15, 0.2) is 0 Å². The molecule has 0 saturated carbocycles. The summed E-state index contributed by atoms with van der Waals surface area (Å²) in [5.41, 5.74) is 5.46. The van der Waals surface area contributed by atoms with Crippen molar-refractivity contribution in [3.63, 3.8) is 0 Å². The molecule has 2 N–H and O–H groups in total. The minimum Gasteiger partial charge on any atom is -0.465 e. The van der Waals surface area contributed by atoms with E-state index in [1.54, 1.807) is 0 Å². The number of hydrogen-bond acceptors (Lipinski definition) is 3. The maximum atomic E-state index is 11.0. The monoisotopic (exact) mass is 209 g/mol. The van der Waals surface area contributed by atoms with E-state index in [0.717, 1.165) is 19.3 Å². The highest BCUT2D eigenvalue weighted by atomic mass is 35.5. The van der Waals surface area contributed by atoms with Crippen molar-refractivity contribution in [2.45, 2.75) is 45.6 Å². The molecule has 0 fully saturated rings. The van der Waals surface area contributed by atoms with Gasteiger partial charge in [0.05, 0.1) is 6.61 Å². The molecule has 0 aromatic carbocycles. The molecule has 4 heteroatoms. The van der Waals surface area contributed by atoms with Crippen LogP contribution in [0.25, 0.3) is 0 Å². The van der Waals surface area contributed by atoms with Gasteiger partial charge in [-0.1, -0.05) is 26.7 Å². The van der Waals surface area contributed by atoms with Crippen molar-refractivity contribution < 1.29 is 9.53 Å². The first-order valence-electron chi connectivity index (χ1n) is 4.64. The number of carbonyl (C=O) groups excluding carboxylic acids is 1. The number of rotatable bonds is 6. The SMILES string of the molecule is CCCCCOC(=O)C(N)CC.Cl. The fourth-order valence-electron chi connectivity index (χ4n) is 0.799. The van der Waals surface area contributed by atoms with Gasteiger partial charge in [0, 0.05) is 0 Å². The molecular weight excluding hydrogens is 190 g/mol. The number of carbonyl (C=O) groups is 1. The summed E-state index contributed by atoms with van der Waals surface area (Å²) >= 11 is 0. The van der Waals surface area contributed by atoms with E-state index in [-0.39, 0.29) is 18.4 Å². The van der Waals surface area contributed by atoms with Crippen molar-refractivity contribution in [2.75, 3.05) is 6.61 Å². The lowest BCUT2D eigenvalue weighted by Crippen LogP contribution is -2.31. The largest absolute Gasteiger partial charge is 0.465 e. The highest BCUT2D eigenvalue weighted by molar-refractivity contribution is 5.85. The zero-order chi connectivity index (χ0) is 9.40. The Morgan fingerprint density at radius 2 is 2.00 bits per heavy atom. The Kier molecular flexibility index (Phi) is 11.5. The first-order valence-corrected chi connectivity index (χ1v) is 4.64. The van der Waals surface area contributed by atoms with Crippen LogP contribution in [0.15, 0.2) is 0 Å². The predicted molar refractivity (Wildman–Crippen MR) is 56.0 cm³/mol. The van der Waals surface area contributed by atoms with Gasteiger partial charge in [-0.2, -0.15) is 0 Å². The molecule has 0 aromatic rings. The topological polar surface area (TPSA) is 52.3 Å². The molecule has 0 rings (SSSR count). The van der Waals surface area contributed by atoms with Crippen molar-refractivity contribution in [3.8, 4) is 0 Å². The molecule has 0 aliphatic rings. The molecule has 80 valence electrons. The summed E-state index contributed by atoms with van der Waals surface area (Å²) in [7, 11) is 0. The first-order chi connectivity index (χ1) is 5.72. The molecule has 3 nitrogen and oxygen atoms in total. The highest BCUT2D eigenvalue weighted by Gasteiger charge is 2.11. The predicted octanol–water partition coefficient (Wildman–Crippen LogP) is 1.88. The third-order valence-corrected chi connectivity index (χ3v) is 1.73. The van der Waals surface area contributed by atoms with E-state index in [2.05, 4.69) is 6.92 Å². The molecule has 13 heavy (non-hydrogen) atoms. The molecule has 0 bridgehead atoms. The first kappa shape index (κ1) is 15.2. The van der Waals surface area contributed by atoms with Gasteiger partial charge in [-0.25, -0.2) is 0 Å². The van der Waals surface area contributed by atoms with Crippen LogP contribution in [-0.4, -0.2) is 18.6 Å². The second kappa shape index (κ2) is 9.81. The number of halogens is 1. The van der Waals surface area contributed by atoms with Crippen LogP contribution in [0, 0.1) is 0 Å². The number of esters is 1. The molecule has 1 unspecified atom stereocenters. The normalized spacial score (nSPS) is 11.6. The summed E-state index contributed by atoms with van der Waals surface area (Å²) in [6.07, 6.45) is 3.83. The fourth-order valence-corrected chi connectivity index (χ4v) is 0.799. The smallest absolute Gasteiger partial charge is 0.322 e. The number of ether oxygens (including phenoxy) is 1. The van der Waals surface area contributed by atoms with Gasteiger partial charge >= 0.3 is 5.97 Å². The minimum absolute atomic E-state index is 0. The number of unbranched alkanes of at least 4 members (excludes halogenated alkanes) is 2. The zero-order valence-corrected chi connectivity index (χ0v) is 9.23. The van der Waals surface area contributed by atoms with Crippen molar-refractivity contribution >= 4 is 18.4 Å². The van der Waals surface area contributed by atoms with E-state index in [0.29, 0.717) is 13.0 Å². The van der Waals surface area contributed by atoms with E-state index >= 15 is 0 Å². The molecule has 0 aliphatic heterocycles. The summed E-state index contributed by atoms with van der Waals surface area (Å²) in [6, 6.07) is -0.438. The fraction of sp³-hybridized carbons (Fsp3) is 0.889. The molecular formula is C9H20ClNO2. The van der Waals surface area contributed by atoms with Gasteiger partial charge < -0.3 is 10.5 Å². The van der Waals surface area contributed by atoms with Crippen molar-refractivity contribution in [1.82, 2.24) is 0 Å². The lowest BCUT2D eigenvalue weighted by molar-refractivity contribution is -0.145. The van der Waals surface area contributed by atoms with Crippen LogP contribution in [-0.2, 0) is 9.53 Å². The molecule has 0 aliphatic carbocycles. The minimum atomic E-state index is -0.438. The molecule has 0 radical (unpaired) electrons. The molecule has 0 spiro atoms. The van der Waals surface area contributed by atoms with Gasteiger partial charge in [-0.15, -0.1) is 12.4 Å². The van der Waals surface area contributed by atoms with E-state index in [1.807, 2.05) is 6.92 Å². The molecule has 1 atom stereocenters. The standard InChI is InChI=1S/C9H19NO2.ClH/c1-3-5-6-7-12-9(11)8(10)4-2;/h8H,3-7,10H2,1-2H3;1H. The van der Waals surface area contributed by atoms with Gasteiger partial charge in [-0.05, 0) is 12.8 Å². The lowest BCUT2D eigenvalue weighted by Gasteiger charge is -2.08. The van der Waals surface area contributed by atoms with Gasteiger partial charge in [0.1, 0.15) is 6.04 Å². The molecule has 0 amide bonds. The maximum Gasteiger partial charge on any atom is 0.322 e. The Bertz CT molecular complexity index is 131. The van der Waals surface area contributed by atoms with Crippen molar-refractivity contribution in [2.24, 2.45) is 5.73 Å². The van der Waals surface area contributed by atoms with Crippen LogP contribution in [0.2, 0.25) is 0 Å². The van der Waals surface area contributed by atoms with Crippen LogP contribution >= 0.6 is 12.4 Å². The quantitative estimate of drug-likeness (QED) is 0.537. The van der Waals surface area contributed by atoms with Crippen LogP contribution in [0.1, 0.15) is 39.5 Å². The molecule has 0 saturated heterocycles. The average molecular weight is 210 g/mol. The van der Waals surface area contributed by atoms with Gasteiger partial charge in [0.2, 0.25) is 0 Å². The van der Waals surface area contributed by atoms with E-state index in [4.69, 9.17) is 10.5 Å². The number of hydrogen-bond donors (Lipinski definition) is 1. The van der Waals surface area contributed by atoms with Gasteiger partial charge in [-0.3, -0.25) is 4.79 Å². The Hall–Kier alpha value is -0.280. The van der Waals surface area contributed by atoms with E-state index in [1.165, 1.54) is 0 Å². The summed E-state index contributed by atoms with van der Waals surface area (Å²) in [4.78, 5) is 11.0. The van der Waals surface area contributed by atoms with Crippen LogP contribution in [0.5, 0.6) is 0 Å². The maximum absolute atomic E-state index is 11.0. The second-order valence-electron chi connectivity index (χ2n) is 2.89. The lowest BCUT2D eigenvalue weighted by atomic mass is 10.2. The second-order valence-corrected chi connectivity index (χ2v) is 2.89. The Morgan fingerprint density at radius 3 is 2.46 bits per heavy atom. The van der Waals surface area contributed by atoms with Crippen molar-refractivity contribution in [3.05, 3.63) is 0 Å². The van der Waals surface area contributed by atoms with Crippen molar-refractivity contribution in [1.29, 1.82) is 0 Å². The Labute approximate surface area is 86.4 Å². The zero-order valence-electron chi connectivity index (χ0n) is 8.41. The highest BCUT2D eigenvalue weighted by Crippen LogP contribution is 1.96. The summed E-state index contributed by atoms with van der Waals surface area (Å²) in [5, 5.41) is 0. The third-order valence-electron chi connectivity index (χ3n) is 1.73. The average Bonchev–Trinajstić information content (AvgIpc) is 2.10. The number of nitrogens with two attached hydrogens (primary N) is 1. The Morgan fingerprint density at radius 1 is 1.38 bits per heavy atom. The molecule has 0 aromatic heterocycles. The third kappa shape index (κ3) is 8.06. The molecule has 0 heterocycles. The summed E-state index contributed by atoms with van der Waals surface area (Å²) < 4.78 is 4.93.